The van der Waals surface area contributed by atoms with Gasteiger partial charge in [0, 0.05) is 6.20 Å². The molecule has 0 radical (unpaired) electrons. The average molecular weight is 200 g/mol. The van der Waals surface area contributed by atoms with E-state index < -0.39 is 0 Å². The van der Waals surface area contributed by atoms with Gasteiger partial charge in [-0.2, -0.15) is 0 Å². The number of hydrogen-bond acceptors (Lipinski definition) is 1. The molecule has 0 spiro atoms. The third-order valence-corrected chi connectivity index (χ3v) is 2.48. The first-order chi connectivity index (χ1) is 4.84. The quantitative estimate of drug-likeness (QED) is 0.668. The molecule has 1 aromatic heterocycles. The van der Waals surface area contributed by atoms with Gasteiger partial charge in [-0.25, -0.2) is 0 Å². The summed E-state index contributed by atoms with van der Waals surface area (Å²) in [5.74, 6) is 0. The normalized spacial score (nSPS) is 13.0. The van der Waals surface area contributed by atoms with Crippen molar-refractivity contribution in [3.05, 3.63) is 30.1 Å². The second-order valence-electron chi connectivity index (χ2n) is 2.13. The Bertz CT molecular complexity index is 186. The van der Waals surface area contributed by atoms with E-state index in [0.717, 1.165) is 12.1 Å². The summed E-state index contributed by atoms with van der Waals surface area (Å²) in [6.45, 7) is 2.13. The third kappa shape index (κ3) is 1.81. The number of aromatic nitrogens is 1. The lowest BCUT2D eigenvalue weighted by molar-refractivity contribution is 0.873. The molecular weight excluding hydrogens is 190 g/mol. The van der Waals surface area contributed by atoms with Crippen molar-refractivity contribution in [3.63, 3.8) is 0 Å². The van der Waals surface area contributed by atoms with Crippen LogP contribution in [0.2, 0.25) is 0 Å². The highest BCUT2D eigenvalue weighted by atomic mass is 79.9. The first-order valence-electron chi connectivity index (χ1n) is 3.39. The molecule has 0 N–H and O–H groups in total. The summed E-state index contributed by atoms with van der Waals surface area (Å²) >= 11 is 3.52. The molecule has 1 heterocycles. The first kappa shape index (κ1) is 7.73. The van der Waals surface area contributed by atoms with Gasteiger partial charge in [0.15, 0.2) is 0 Å². The van der Waals surface area contributed by atoms with Gasteiger partial charge in [0.05, 0.1) is 10.5 Å². The minimum atomic E-state index is 0.411. The van der Waals surface area contributed by atoms with E-state index >= 15 is 0 Å². The fourth-order valence-electron chi connectivity index (χ4n) is 0.770. The number of rotatable bonds is 2. The summed E-state index contributed by atoms with van der Waals surface area (Å²) in [6, 6.07) is 5.97. The van der Waals surface area contributed by atoms with Crippen LogP contribution in [0.3, 0.4) is 0 Å². The maximum absolute atomic E-state index is 4.20. The van der Waals surface area contributed by atoms with Crippen molar-refractivity contribution in [1.29, 1.82) is 0 Å². The fraction of sp³-hybridized carbons (Fsp3) is 0.375. The molecule has 0 aliphatic carbocycles. The van der Waals surface area contributed by atoms with Gasteiger partial charge in [-0.1, -0.05) is 28.9 Å². The van der Waals surface area contributed by atoms with Crippen molar-refractivity contribution >= 4 is 15.9 Å². The molecular formula is C8H10BrN. The topological polar surface area (TPSA) is 12.9 Å². The van der Waals surface area contributed by atoms with Crippen LogP contribution in [0.15, 0.2) is 24.4 Å². The van der Waals surface area contributed by atoms with Gasteiger partial charge in [0.25, 0.3) is 0 Å². The van der Waals surface area contributed by atoms with Crippen molar-refractivity contribution in [2.75, 3.05) is 0 Å². The van der Waals surface area contributed by atoms with E-state index in [1.807, 2.05) is 24.4 Å². The SMILES string of the molecule is CCC(Br)c1ccccn1. The number of nitrogens with zero attached hydrogens (tertiary/aromatic N) is 1. The minimum Gasteiger partial charge on any atom is -0.260 e. The van der Waals surface area contributed by atoms with Crippen LogP contribution in [0.4, 0.5) is 0 Å². The van der Waals surface area contributed by atoms with Crippen molar-refractivity contribution in [1.82, 2.24) is 4.98 Å². The third-order valence-electron chi connectivity index (χ3n) is 1.37. The summed E-state index contributed by atoms with van der Waals surface area (Å²) < 4.78 is 0. The summed E-state index contributed by atoms with van der Waals surface area (Å²) in [7, 11) is 0. The largest absolute Gasteiger partial charge is 0.260 e. The van der Waals surface area contributed by atoms with Gasteiger partial charge in [-0.15, -0.1) is 0 Å². The molecule has 0 bridgehead atoms. The van der Waals surface area contributed by atoms with Gasteiger partial charge >= 0.3 is 0 Å². The van der Waals surface area contributed by atoms with Crippen LogP contribution >= 0.6 is 15.9 Å². The smallest absolute Gasteiger partial charge is 0.0565 e. The van der Waals surface area contributed by atoms with Crippen LogP contribution in [-0.4, -0.2) is 4.98 Å². The zero-order valence-corrected chi connectivity index (χ0v) is 7.51. The maximum atomic E-state index is 4.20. The van der Waals surface area contributed by atoms with Crippen molar-refractivity contribution in [3.8, 4) is 0 Å². The Morgan fingerprint density at radius 3 is 2.90 bits per heavy atom. The van der Waals surface area contributed by atoms with E-state index in [9.17, 15) is 0 Å². The van der Waals surface area contributed by atoms with E-state index in [1.165, 1.54) is 0 Å². The lowest BCUT2D eigenvalue weighted by Gasteiger charge is -2.03. The monoisotopic (exact) mass is 199 g/mol. The van der Waals surface area contributed by atoms with E-state index in [-0.39, 0.29) is 0 Å². The Hall–Kier alpha value is -0.370. The summed E-state index contributed by atoms with van der Waals surface area (Å²) in [5.41, 5.74) is 1.12. The van der Waals surface area contributed by atoms with Crippen LogP contribution in [0, 0.1) is 0 Å². The van der Waals surface area contributed by atoms with Gasteiger partial charge in [-0.05, 0) is 18.6 Å². The molecule has 1 aromatic rings. The van der Waals surface area contributed by atoms with Gasteiger partial charge in [0.1, 0.15) is 0 Å². The second kappa shape index (κ2) is 3.71. The van der Waals surface area contributed by atoms with E-state index in [0.29, 0.717) is 4.83 Å². The molecule has 0 saturated heterocycles. The molecule has 1 rings (SSSR count). The second-order valence-corrected chi connectivity index (χ2v) is 3.24. The van der Waals surface area contributed by atoms with E-state index in [4.69, 9.17) is 0 Å². The Labute approximate surface area is 69.6 Å². The zero-order valence-electron chi connectivity index (χ0n) is 5.92. The highest BCUT2D eigenvalue weighted by Crippen LogP contribution is 2.22. The fourth-order valence-corrected chi connectivity index (χ4v) is 1.04. The minimum absolute atomic E-state index is 0.411. The Balaban J connectivity index is 2.75. The van der Waals surface area contributed by atoms with Crippen molar-refractivity contribution in [2.45, 2.75) is 18.2 Å². The van der Waals surface area contributed by atoms with E-state index in [2.05, 4.69) is 27.8 Å². The summed E-state index contributed by atoms with van der Waals surface area (Å²) in [5, 5.41) is 0. The molecule has 54 valence electrons. The predicted octanol–water partition coefficient (Wildman–Crippen LogP) is 2.93. The number of alkyl halides is 1. The molecule has 0 aliphatic heterocycles. The molecule has 0 aliphatic rings. The molecule has 0 aromatic carbocycles. The number of hydrogen-bond donors (Lipinski definition) is 0. The average Bonchev–Trinajstić information content (AvgIpc) is 2.05. The Morgan fingerprint density at radius 2 is 2.40 bits per heavy atom. The standard InChI is InChI=1S/C8H10BrN/c1-2-7(9)8-5-3-4-6-10-8/h3-7H,2H2,1H3. The van der Waals surface area contributed by atoms with E-state index in [1.54, 1.807) is 0 Å². The predicted molar refractivity (Wildman–Crippen MR) is 46.2 cm³/mol. The lowest BCUT2D eigenvalue weighted by Crippen LogP contribution is -1.89. The molecule has 1 atom stereocenters. The molecule has 10 heavy (non-hydrogen) atoms. The van der Waals surface area contributed by atoms with Crippen LogP contribution in [-0.2, 0) is 0 Å². The first-order valence-corrected chi connectivity index (χ1v) is 4.31. The lowest BCUT2D eigenvalue weighted by atomic mass is 10.2. The van der Waals surface area contributed by atoms with Gasteiger partial charge < -0.3 is 0 Å². The molecule has 0 saturated carbocycles. The van der Waals surface area contributed by atoms with Crippen LogP contribution < -0.4 is 0 Å². The van der Waals surface area contributed by atoms with Crippen molar-refractivity contribution < 1.29 is 0 Å². The summed E-state index contributed by atoms with van der Waals surface area (Å²) in [6.07, 6.45) is 2.90. The van der Waals surface area contributed by atoms with Crippen LogP contribution in [0.1, 0.15) is 23.9 Å². The van der Waals surface area contributed by atoms with Gasteiger partial charge in [-0.3, -0.25) is 4.98 Å². The van der Waals surface area contributed by atoms with Crippen molar-refractivity contribution in [2.24, 2.45) is 0 Å². The summed E-state index contributed by atoms with van der Waals surface area (Å²) in [4.78, 5) is 4.61. The Kier molecular flexibility index (Phi) is 2.87. The number of halogens is 1. The molecule has 1 nitrogen and oxygen atoms in total. The zero-order chi connectivity index (χ0) is 7.40. The molecule has 0 fully saturated rings. The Morgan fingerprint density at radius 1 is 1.60 bits per heavy atom. The number of pyridine rings is 1. The van der Waals surface area contributed by atoms with Crippen LogP contribution in [0.25, 0.3) is 0 Å². The maximum Gasteiger partial charge on any atom is 0.0565 e. The highest BCUT2D eigenvalue weighted by molar-refractivity contribution is 9.09. The van der Waals surface area contributed by atoms with Gasteiger partial charge in [0.2, 0.25) is 0 Å². The van der Waals surface area contributed by atoms with Crippen LogP contribution in [0.5, 0.6) is 0 Å². The molecule has 2 heteroatoms. The molecule has 1 unspecified atom stereocenters. The molecule has 0 amide bonds. The highest BCUT2D eigenvalue weighted by Gasteiger charge is 2.02.